The Labute approximate surface area is 117 Å². The van der Waals surface area contributed by atoms with Gasteiger partial charge in [0.05, 0.1) is 6.54 Å². The smallest absolute Gasteiger partial charge is 0.241 e. The van der Waals surface area contributed by atoms with Gasteiger partial charge in [0, 0.05) is 33.1 Å². The molecular formula is C14H29N3O2. The zero-order chi connectivity index (χ0) is 14.8. The molecule has 112 valence electrons. The molecule has 0 aromatic heterocycles. The van der Waals surface area contributed by atoms with Gasteiger partial charge in [-0.2, -0.15) is 0 Å². The van der Waals surface area contributed by atoms with Crippen LogP contribution in [0.15, 0.2) is 0 Å². The Morgan fingerprint density at radius 3 is 2.26 bits per heavy atom. The number of rotatable bonds is 9. The Hall–Kier alpha value is -1.10. The van der Waals surface area contributed by atoms with Gasteiger partial charge in [0.2, 0.25) is 11.8 Å². The monoisotopic (exact) mass is 271 g/mol. The summed E-state index contributed by atoms with van der Waals surface area (Å²) in [6.45, 7) is 7.86. The number of nitrogens with one attached hydrogen (secondary N) is 1. The summed E-state index contributed by atoms with van der Waals surface area (Å²) in [5, 5.41) is 3.28. The minimum atomic E-state index is -0.0258. The first-order valence-electron chi connectivity index (χ1n) is 7.09. The average Bonchev–Trinajstić information content (AvgIpc) is 2.33. The highest BCUT2D eigenvalue weighted by Crippen LogP contribution is 2.00. The topological polar surface area (TPSA) is 52.7 Å². The van der Waals surface area contributed by atoms with Crippen molar-refractivity contribution in [2.45, 2.75) is 46.1 Å². The van der Waals surface area contributed by atoms with Crippen LogP contribution < -0.4 is 5.32 Å². The highest BCUT2D eigenvalue weighted by molar-refractivity contribution is 5.84. The van der Waals surface area contributed by atoms with Crippen LogP contribution >= 0.6 is 0 Å². The lowest BCUT2D eigenvalue weighted by Crippen LogP contribution is -2.40. The first-order chi connectivity index (χ1) is 8.88. The second kappa shape index (κ2) is 9.78. The van der Waals surface area contributed by atoms with Gasteiger partial charge in [-0.1, -0.05) is 20.8 Å². The van der Waals surface area contributed by atoms with Crippen LogP contribution in [0.2, 0.25) is 0 Å². The lowest BCUT2D eigenvalue weighted by molar-refractivity contribution is -0.139. The zero-order valence-electron chi connectivity index (χ0n) is 13.0. The number of amides is 2. The van der Waals surface area contributed by atoms with Crippen LogP contribution in [0, 0.1) is 0 Å². The van der Waals surface area contributed by atoms with E-state index in [1.165, 1.54) is 4.90 Å². The first-order valence-corrected chi connectivity index (χ1v) is 7.09. The summed E-state index contributed by atoms with van der Waals surface area (Å²) >= 11 is 0. The fraction of sp³-hybridized carbons (Fsp3) is 0.857. The van der Waals surface area contributed by atoms with Gasteiger partial charge in [0.1, 0.15) is 0 Å². The van der Waals surface area contributed by atoms with E-state index in [1.54, 1.807) is 19.0 Å². The molecule has 0 saturated heterocycles. The summed E-state index contributed by atoms with van der Waals surface area (Å²) in [6, 6.07) is 0.442. The standard InChI is InChI=1S/C14H29N3O2/c1-6-10-17(11-14(19)16(4)5)13(18)8-7-9-15-12(2)3/h12,15H,6-11H2,1-5H3. The number of hydrogen-bond acceptors (Lipinski definition) is 3. The fourth-order valence-corrected chi connectivity index (χ4v) is 1.66. The van der Waals surface area contributed by atoms with Gasteiger partial charge < -0.3 is 15.1 Å². The van der Waals surface area contributed by atoms with Gasteiger partial charge in [0.15, 0.2) is 0 Å². The number of hydrogen-bond donors (Lipinski definition) is 1. The second-order valence-corrected chi connectivity index (χ2v) is 5.32. The quantitative estimate of drug-likeness (QED) is 0.639. The third-order valence-corrected chi connectivity index (χ3v) is 2.79. The molecule has 0 aromatic rings. The molecule has 0 atom stereocenters. The maximum absolute atomic E-state index is 12.1. The highest BCUT2D eigenvalue weighted by atomic mass is 16.2. The van der Waals surface area contributed by atoms with E-state index in [-0.39, 0.29) is 18.4 Å². The van der Waals surface area contributed by atoms with Crippen LogP contribution in [-0.4, -0.2) is 61.4 Å². The zero-order valence-corrected chi connectivity index (χ0v) is 13.0. The molecule has 0 aliphatic carbocycles. The second-order valence-electron chi connectivity index (χ2n) is 5.32. The van der Waals surface area contributed by atoms with Crippen molar-refractivity contribution in [1.82, 2.24) is 15.1 Å². The van der Waals surface area contributed by atoms with Gasteiger partial charge >= 0.3 is 0 Å². The molecule has 0 saturated carbocycles. The number of nitrogens with zero attached hydrogens (tertiary/aromatic N) is 2. The summed E-state index contributed by atoms with van der Waals surface area (Å²) in [6.07, 6.45) is 2.19. The molecular weight excluding hydrogens is 242 g/mol. The van der Waals surface area contributed by atoms with E-state index < -0.39 is 0 Å². The van der Waals surface area contributed by atoms with E-state index in [1.807, 2.05) is 6.92 Å². The first kappa shape index (κ1) is 17.9. The Bertz CT molecular complexity index is 278. The summed E-state index contributed by atoms with van der Waals surface area (Å²) in [5.41, 5.74) is 0. The predicted octanol–water partition coefficient (Wildman–Crippen LogP) is 1.09. The van der Waals surface area contributed by atoms with Crippen molar-refractivity contribution in [3.63, 3.8) is 0 Å². The molecule has 0 unspecified atom stereocenters. The summed E-state index contributed by atoms with van der Waals surface area (Å²) < 4.78 is 0. The van der Waals surface area contributed by atoms with E-state index >= 15 is 0 Å². The van der Waals surface area contributed by atoms with Gasteiger partial charge in [-0.05, 0) is 19.4 Å². The normalized spacial score (nSPS) is 10.6. The molecule has 19 heavy (non-hydrogen) atoms. The molecule has 0 aliphatic heterocycles. The Morgan fingerprint density at radius 1 is 1.16 bits per heavy atom. The van der Waals surface area contributed by atoms with Crippen LogP contribution in [0.4, 0.5) is 0 Å². The third kappa shape index (κ3) is 8.59. The molecule has 1 N–H and O–H groups in total. The predicted molar refractivity (Wildman–Crippen MR) is 77.9 cm³/mol. The number of carbonyl (C=O) groups excluding carboxylic acids is 2. The molecule has 0 aliphatic rings. The Morgan fingerprint density at radius 2 is 1.79 bits per heavy atom. The van der Waals surface area contributed by atoms with Crippen molar-refractivity contribution in [1.29, 1.82) is 0 Å². The molecule has 0 spiro atoms. The van der Waals surface area contributed by atoms with Gasteiger partial charge in [0.25, 0.3) is 0 Å². The molecule has 5 nitrogen and oxygen atoms in total. The van der Waals surface area contributed by atoms with Gasteiger partial charge in [-0.15, -0.1) is 0 Å². The molecule has 5 heteroatoms. The van der Waals surface area contributed by atoms with E-state index in [2.05, 4.69) is 19.2 Å². The van der Waals surface area contributed by atoms with Gasteiger partial charge in [-0.3, -0.25) is 9.59 Å². The fourth-order valence-electron chi connectivity index (χ4n) is 1.66. The van der Waals surface area contributed by atoms with Crippen LogP contribution in [-0.2, 0) is 9.59 Å². The SMILES string of the molecule is CCCN(CC(=O)N(C)C)C(=O)CCCNC(C)C. The average molecular weight is 271 g/mol. The minimum Gasteiger partial charge on any atom is -0.347 e. The van der Waals surface area contributed by atoms with E-state index in [0.29, 0.717) is 19.0 Å². The summed E-state index contributed by atoms with van der Waals surface area (Å²) in [5.74, 6) is 0.0460. The highest BCUT2D eigenvalue weighted by Gasteiger charge is 2.16. The van der Waals surface area contributed by atoms with Crippen molar-refractivity contribution >= 4 is 11.8 Å². The van der Waals surface area contributed by atoms with E-state index in [4.69, 9.17) is 0 Å². The van der Waals surface area contributed by atoms with Crippen molar-refractivity contribution in [2.75, 3.05) is 33.7 Å². The minimum absolute atomic E-state index is 0.0258. The van der Waals surface area contributed by atoms with Crippen molar-refractivity contribution < 1.29 is 9.59 Å². The maximum Gasteiger partial charge on any atom is 0.241 e. The third-order valence-electron chi connectivity index (χ3n) is 2.79. The van der Waals surface area contributed by atoms with Crippen molar-refractivity contribution in [3.05, 3.63) is 0 Å². The molecule has 0 heterocycles. The van der Waals surface area contributed by atoms with Crippen LogP contribution in [0.3, 0.4) is 0 Å². The number of likely N-dealkylation sites (N-methyl/N-ethyl adjacent to an activating group) is 1. The molecule has 2 amide bonds. The lowest BCUT2D eigenvalue weighted by atomic mass is 10.2. The number of carbonyl (C=O) groups is 2. The van der Waals surface area contributed by atoms with E-state index in [9.17, 15) is 9.59 Å². The van der Waals surface area contributed by atoms with Gasteiger partial charge in [-0.25, -0.2) is 0 Å². The largest absolute Gasteiger partial charge is 0.347 e. The molecule has 0 radical (unpaired) electrons. The van der Waals surface area contributed by atoms with Crippen molar-refractivity contribution in [3.8, 4) is 0 Å². The Balaban J connectivity index is 4.14. The summed E-state index contributed by atoms with van der Waals surface area (Å²) in [4.78, 5) is 26.9. The molecule has 0 aromatic carbocycles. The van der Waals surface area contributed by atoms with Crippen LogP contribution in [0.1, 0.15) is 40.0 Å². The maximum atomic E-state index is 12.1. The Kier molecular flexibility index (Phi) is 9.21. The molecule has 0 fully saturated rings. The van der Waals surface area contributed by atoms with Crippen molar-refractivity contribution in [2.24, 2.45) is 0 Å². The molecule has 0 bridgehead atoms. The summed E-state index contributed by atoms with van der Waals surface area (Å²) in [7, 11) is 3.42. The van der Waals surface area contributed by atoms with Crippen LogP contribution in [0.25, 0.3) is 0 Å². The molecule has 0 rings (SSSR count). The van der Waals surface area contributed by atoms with E-state index in [0.717, 1.165) is 19.4 Å². The lowest BCUT2D eigenvalue weighted by Gasteiger charge is -2.23. The van der Waals surface area contributed by atoms with Crippen LogP contribution in [0.5, 0.6) is 0 Å².